The number of aliphatic hydroxyl groups excluding tert-OH is 1. The highest BCUT2D eigenvalue weighted by molar-refractivity contribution is 7.99. The first-order valence-corrected chi connectivity index (χ1v) is 12.2. The van der Waals surface area contributed by atoms with Crippen LogP contribution in [0.25, 0.3) is 22.4 Å². The number of fused-ring (bicyclic) bond motifs is 1. The lowest BCUT2D eigenvalue weighted by Crippen LogP contribution is -2.36. The maximum absolute atomic E-state index is 13.1. The SMILES string of the molecule is CSNc1cc(-c2nc(C(=O)Nc3cc4cn(C)nc4cc3N3CCC(O)CC3)co2)ccn1. The highest BCUT2D eigenvalue weighted by atomic mass is 32.2. The number of pyridine rings is 1. The molecule has 11 heteroatoms. The zero-order valence-electron chi connectivity index (χ0n) is 18.9. The molecule has 4 aromatic rings. The van der Waals surface area contributed by atoms with E-state index in [1.54, 1.807) is 16.9 Å². The number of oxazole rings is 1. The van der Waals surface area contributed by atoms with Gasteiger partial charge < -0.3 is 24.5 Å². The van der Waals surface area contributed by atoms with Crippen LogP contribution in [0.3, 0.4) is 0 Å². The summed E-state index contributed by atoms with van der Waals surface area (Å²) in [6.07, 6.45) is 7.90. The lowest BCUT2D eigenvalue weighted by molar-refractivity contribution is 0.102. The number of hydrogen-bond acceptors (Lipinski definition) is 9. The van der Waals surface area contributed by atoms with E-state index in [2.05, 4.69) is 30.0 Å². The standard InChI is InChI=1S/C23H25N7O3S/c1-29-12-15-9-18(20(11-17(15)27-29)30-7-4-16(31)5-8-30)25-22(32)19-13-33-23(26-19)14-3-6-24-21(10-14)28-34-2/h3,6,9-13,16,31H,4-5,7-8H2,1-2H3,(H,24,28)(H,25,32). The van der Waals surface area contributed by atoms with E-state index in [0.29, 0.717) is 43.3 Å². The fourth-order valence-corrected chi connectivity index (χ4v) is 4.39. The van der Waals surface area contributed by atoms with Crippen LogP contribution in [0, 0.1) is 0 Å². The molecule has 1 aliphatic heterocycles. The van der Waals surface area contributed by atoms with Gasteiger partial charge in [0.25, 0.3) is 5.91 Å². The van der Waals surface area contributed by atoms with Crippen molar-refractivity contribution in [3.05, 3.63) is 48.6 Å². The monoisotopic (exact) mass is 479 g/mol. The van der Waals surface area contributed by atoms with Gasteiger partial charge in [-0.2, -0.15) is 5.10 Å². The zero-order chi connectivity index (χ0) is 23.7. The molecule has 0 radical (unpaired) electrons. The molecule has 0 bridgehead atoms. The Morgan fingerprint density at radius 3 is 2.88 bits per heavy atom. The predicted octanol–water partition coefficient (Wildman–Crippen LogP) is 3.53. The number of nitrogens with one attached hydrogen (secondary N) is 2. The molecule has 1 amide bonds. The Balaban J connectivity index is 1.42. The van der Waals surface area contributed by atoms with E-state index in [-0.39, 0.29) is 17.7 Å². The number of carbonyl (C=O) groups is 1. The molecule has 0 atom stereocenters. The van der Waals surface area contributed by atoms with Gasteiger partial charge >= 0.3 is 0 Å². The van der Waals surface area contributed by atoms with E-state index in [0.717, 1.165) is 22.2 Å². The lowest BCUT2D eigenvalue weighted by atomic mass is 10.1. The Morgan fingerprint density at radius 1 is 1.26 bits per heavy atom. The number of aryl methyl sites for hydroxylation is 1. The summed E-state index contributed by atoms with van der Waals surface area (Å²) in [5.74, 6) is 0.646. The predicted molar refractivity (Wildman–Crippen MR) is 133 cm³/mol. The van der Waals surface area contributed by atoms with Gasteiger partial charge in [-0.05, 0) is 37.1 Å². The minimum absolute atomic E-state index is 0.178. The summed E-state index contributed by atoms with van der Waals surface area (Å²) >= 11 is 1.43. The van der Waals surface area contributed by atoms with Crippen LogP contribution in [0.15, 0.2) is 47.3 Å². The average molecular weight is 480 g/mol. The van der Waals surface area contributed by atoms with Crippen molar-refractivity contribution in [3.63, 3.8) is 0 Å². The maximum Gasteiger partial charge on any atom is 0.277 e. The second kappa shape index (κ2) is 9.35. The van der Waals surface area contributed by atoms with E-state index in [1.165, 1.54) is 18.2 Å². The number of benzene rings is 1. The first-order valence-electron chi connectivity index (χ1n) is 10.9. The van der Waals surface area contributed by atoms with E-state index < -0.39 is 0 Å². The third-order valence-corrected chi connectivity index (χ3v) is 6.15. The summed E-state index contributed by atoms with van der Waals surface area (Å²) < 4.78 is 10.4. The molecule has 4 heterocycles. The number of hydrogen-bond donors (Lipinski definition) is 3. The molecule has 0 spiro atoms. The third-order valence-electron chi connectivity index (χ3n) is 5.74. The summed E-state index contributed by atoms with van der Waals surface area (Å²) in [5, 5.41) is 18.3. The second-order valence-electron chi connectivity index (χ2n) is 8.18. The summed E-state index contributed by atoms with van der Waals surface area (Å²) in [5.41, 5.74) is 3.28. The normalized spacial score (nSPS) is 14.5. The Morgan fingerprint density at radius 2 is 2.09 bits per heavy atom. The Kier molecular flexibility index (Phi) is 6.12. The molecule has 0 unspecified atom stereocenters. The molecule has 3 N–H and O–H groups in total. The number of aliphatic hydroxyl groups is 1. The minimum atomic E-state index is -0.368. The highest BCUT2D eigenvalue weighted by Gasteiger charge is 2.23. The van der Waals surface area contributed by atoms with E-state index in [1.807, 2.05) is 37.7 Å². The van der Waals surface area contributed by atoms with Crippen LogP contribution in [0.5, 0.6) is 0 Å². The number of piperidine rings is 1. The number of rotatable bonds is 6. The molecular weight excluding hydrogens is 454 g/mol. The largest absolute Gasteiger partial charge is 0.444 e. The van der Waals surface area contributed by atoms with Crippen molar-refractivity contribution in [2.24, 2.45) is 7.05 Å². The summed E-state index contributed by atoms with van der Waals surface area (Å²) in [6.45, 7) is 1.40. The summed E-state index contributed by atoms with van der Waals surface area (Å²) in [7, 11) is 1.87. The molecule has 10 nitrogen and oxygen atoms in total. The van der Waals surface area contributed by atoms with Gasteiger partial charge in [0.05, 0.1) is 23.0 Å². The highest BCUT2D eigenvalue weighted by Crippen LogP contribution is 2.33. The number of amides is 1. The van der Waals surface area contributed by atoms with Crippen LogP contribution in [0.1, 0.15) is 23.3 Å². The number of carbonyl (C=O) groups excluding carboxylic acids is 1. The third kappa shape index (κ3) is 4.57. The lowest BCUT2D eigenvalue weighted by Gasteiger charge is -2.32. The van der Waals surface area contributed by atoms with Crippen molar-refractivity contribution in [2.75, 3.05) is 34.3 Å². The van der Waals surface area contributed by atoms with Crippen molar-refractivity contribution in [1.82, 2.24) is 19.7 Å². The summed E-state index contributed by atoms with van der Waals surface area (Å²) in [6, 6.07) is 7.49. The van der Waals surface area contributed by atoms with Gasteiger partial charge in [-0.15, -0.1) is 0 Å². The van der Waals surface area contributed by atoms with Crippen molar-refractivity contribution in [3.8, 4) is 11.5 Å². The Labute approximate surface area is 200 Å². The quantitative estimate of drug-likeness (QED) is 0.357. The van der Waals surface area contributed by atoms with E-state index in [4.69, 9.17) is 4.42 Å². The van der Waals surface area contributed by atoms with Gasteiger partial charge in [0, 0.05) is 49.7 Å². The molecule has 5 rings (SSSR count). The smallest absolute Gasteiger partial charge is 0.277 e. The van der Waals surface area contributed by atoms with Crippen LogP contribution in [-0.2, 0) is 7.05 Å². The fourth-order valence-electron chi connectivity index (χ4n) is 4.07. The first-order chi connectivity index (χ1) is 16.5. The molecule has 1 fully saturated rings. The molecule has 0 aliphatic carbocycles. The van der Waals surface area contributed by atoms with Gasteiger partial charge in [0.15, 0.2) is 5.69 Å². The van der Waals surface area contributed by atoms with Crippen molar-refractivity contribution in [1.29, 1.82) is 0 Å². The molecule has 3 aromatic heterocycles. The first kappa shape index (κ1) is 22.2. The number of anilines is 3. The van der Waals surface area contributed by atoms with Gasteiger partial charge in [0.2, 0.25) is 5.89 Å². The number of aromatic nitrogens is 4. The molecule has 1 aromatic carbocycles. The minimum Gasteiger partial charge on any atom is -0.444 e. The van der Waals surface area contributed by atoms with Gasteiger partial charge in [-0.25, -0.2) is 9.97 Å². The Hall–Kier alpha value is -3.57. The fraction of sp³-hybridized carbons (Fsp3) is 0.304. The van der Waals surface area contributed by atoms with E-state index in [9.17, 15) is 9.90 Å². The Bertz CT molecular complexity index is 1330. The van der Waals surface area contributed by atoms with Crippen LogP contribution in [-0.4, -0.2) is 56.2 Å². The molecule has 34 heavy (non-hydrogen) atoms. The molecule has 176 valence electrons. The molecule has 1 aliphatic rings. The van der Waals surface area contributed by atoms with Crippen molar-refractivity contribution < 1.29 is 14.3 Å². The molecular formula is C23H25N7O3S. The topological polar surface area (TPSA) is 121 Å². The van der Waals surface area contributed by atoms with Gasteiger partial charge in [-0.3, -0.25) is 9.48 Å². The van der Waals surface area contributed by atoms with E-state index >= 15 is 0 Å². The van der Waals surface area contributed by atoms with Crippen molar-refractivity contribution in [2.45, 2.75) is 18.9 Å². The van der Waals surface area contributed by atoms with Gasteiger partial charge in [0.1, 0.15) is 12.1 Å². The second-order valence-corrected chi connectivity index (χ2v) is 8.79. The zero-order valence-corrected chi connectivity index (χ0v) is 19.7. The van der Waals surface area contributed by atoms with Crippen LogP contribution >= 0.6 is 11.9 Å². The number of nitrogens with zero attached hydrogens (tertiary/aromatic N) is 5. The summed E-state index contributed by atoms with van der Waals surface area (Å²) in [4.78, 5) is 23.9. The van der Waals surface area contributed by atoms with Gasteiger partial charge in [-0.1, -0.05) is 11.9 Å². The molecule has 0 saturated carbocycles. The average Bonchev–Trinajstić information content (AvgIpc) is 3.46. The molecule has 1 saturated heterocycles. The van der Waals surface area contributed by atoms with Crippen LogP contribution in [0.2, 0.25) is 0 Å². The maximum atomic E-state index is 13.1. The van der Waals surface area contributed by atoms with Crippen LogP contribution in [0.4, 0.5) is 17.2 Å². The van der Waals surface area contributed by atoms with Crippen LogP contribution < -0.4 is 14.9 Å². The van der Waals surface area contributed by atoms with Crippen molar-refractivity contribution >= 4 is 46.0 Å².